The Morgan fingerprint density at radius 1 is 0.900 bits per heavy atom. The first-order valence-electron chi connectivity index (χ1n) is 12.5. The van der Waals surface area contributed by atoms with Crippen molar-refractivity contribution in [2.75, 3.05) is 0 Å². The first-order chi connectivity index (χ1) is 19.1. The molecule has 0 aromatic heterocycles. The van der Waals surface area contributed by atoms with E-state index in [0.29, 0.717) is 22.4 Å². The summed E-state index contributed by atoms with van der Waals surface area (Å²) in [7, 11) is 0. The van der Waals surface area contributed by atoms with Gasteiger partial charge < -0.3 is 36.0 Å². The second kappa shape index (κ2) is 12.2. The number of nitrogens with one attached hydrogen (secondary N) is 3. The van der Waals surface area contributed by atoms with Crippen LogP contribution in [0.15, 0.2) is 66.7 Å². The molecule has 40 heavy (non-hydrogen) atoms. The molecule has 2 aliphatic heterocycles. The van der Waals surface area contributed by atoms with Crippen molar-refractivity contribution in [1.82, 2.24) is 16.0 Å². The molecular formula is C29H29N3O8. The molecule has 3 atom stereocenters. The zero-order chi connectivity index (χ0) is 28.8. The lowest BCUT2D eigenvalue weighted by atomic mass is 10.0. The lowest BCUT2D eigenvalue weighted by molar-refractivity contribution is -0.142. The van der Waals surface area contributed by atoms with Gasteiger partial charge in [-0.05, 0) is 53.1 Å². The fraction of sp³-hybridized carbons (Fsp3) is 0.241. The minimum Gasteiger partial charge on any atom is -0.508 e. The molecule has 0 fully saturated rings. The molecule has 2 aliphatic rings. The maximum absolute atomic E-state index is 13.4. The Morgan fingerprint density at radius 3 is 2.23 bits per heavy atom. The molecule has 5 rings (SSSR count). The van der Waals surface area contributed by atoms with E-state index in [4.69, 9.17) is 4.74 Å². The number of phenols is 2. The van der Waals surface area contributed by atoms with Crippen LogP contribution in [0.1, 0.15) is 23.6 Å². The SMILES string of the molecule is CC(=O)N[C@H]1Cc2ccc(cc2)Oc2cc(ccc2O)C[C@@H](C(=O)O)NC(=O)[C@H](Cc2ccc(O)cc2)NC1=O. The van der Waals surface area contributed by atoms with E-state index in [1.54, 1.807) is 36.4 Å². The second-order valence-corrected chi connectivity index (χ2v) is 9.54. The molecule has 0 spiro atoms. The number of ether oxygens (including phenoxy) is 1. The van der Waals surface area contributed by atoms with Crippen LogP contribution >= 0.6 is 0 Å². The number of benzene rings is 3. The minimum atomic E-state index is -1.37. The van der Waals surface area contributed by atoms with Crippen LogP contribution in [0.25, 0.3) is 0 Å². The van der Waals surface area contributed by atoms with Crippen molar-refractivity contribution in [3.8, 4) is 23.0 Å². The van der Waals surface area contributed by atoms with E-state index >= 15 is 0 Å². The summed E-state index contributed by atoms with van der Waals surface area (Å²) in [6.07, 6.45) is -0.0500. The minimum absolute atomic E-state index is 0.0110. The maximum Gasteiger partial charge on any atom is 0.326 e. The van der Waals surface area contributed by atoms with Crippen LogP contribution in [0.2, 0.25) is 0 Å². The molecule has 11 nitrogen and oxygen atoms in total. The number of carboxylic acids is 1. The first-order valence-corrected chi connectivity index (χ1v) is 12.5. The van der Waals surface area contributed by atoms with Gasteiger partial charge >= 0.3 is 5.97 Å². The van der Waals surface area contributed by atoms with Crippen molar-refractivity contribution in [3.63, 3.8) is 0 Å². The number of carboxylic acid groups (broad SMARTS) is 1. The molecule has 4 bridgehead atoms. The first kappa shape index (κ1) is 28.0. The largest absolute Gasteiger partial charge is 0.508 e. The summed E-state index contributed by atoms with van der Waals surface area (Å²) < 4.78 is 5.80. The summed E-state index contributed by atoms with van der Waals surface area (Å²) in [4.78, 5) is 50.8. The zero-order valence-corrected chi connectivity index (χ0v) is 21.6. The number of hydrogen-bond acceptors (Lipinski definition) is 7. The summed E-state index contributed by atoms with van der Waals surface area (Å²) in [5.41, 5.74) is 1.77. The summed E-state index contributed by atoms with van der Waals surface area (Å²) in [5.74, 6) is -2.79. The third kappa shape index (κ3) is 7.28. The number of fused-ring (bicyclic) bond motifs is 10. The maximum atomic E-state index is 13.4. The third-order valence-corrected chi connectivity index (χ3v) is 6.37. The van der Waals surface area contributed by atoms with E-state index in [1.165, 1.54) is 37.3 Å². The zero-order valence-electron chi connectivity index (χ0n) is 21.6. The van der Waals surface area contributed by atoms with E-state index in [2.05, 4.69) is 16.0 Å². The topological polar surface area (TPSA) is 174 Å². The molecule has 3 aromatic rings. The summed E-state index contributed by atoms with van der Waals surface area (Å²) in [6, 6.07) is 13.5. The quantitative estimate of drug-likeness (QED) is 0.287. The Balaban J connectivity index is 1.74. The molecule has 3 amide bonds. The average Bonchev–Trinajstić information content (AvgIpc) is 2.90. The lowest BCUT2D eigenvalue weighted by Gasteiger charge is -2.24. The highest BCUT2D eigenvalue weighted by molar-refractivity contribution is 5.93. The number of rotatable bonds is 4. The molecule has 0 saturated carbocycles. The van der Waals surface area contributed by atoms with E-state index in [0.717, 1.165) is 0 Å². The van der Waals surface area contributed by atoms with Crippen molar-refractivity contribution in [3.05, 3.63) is 83.4 Å². The Morgan fingerprint density at radius 2 is 1.57 bits per heavy atom. The number of amides is 3. The van der Waals surface area contributed by atoms with Gasteiger partial charge in [0.15, 0.2) is 11.5 Å². The van der Waals surface area contributed by atoms with Crippen LogP contribution in [0.5, 0.6) is 23.0 Å². The fourth-order valence-electron chi connectivity index (χ4n) is 4.34. The van der Waals surface area contributed by atoms with Gasteiger partial charge in [0, 0.05) is 26.2 Å². The highest BCUT2D eigenvalue weighted by atomic mass is 16.5. The lowest BCUT2D eigenvalue weighted by Crippen LogP contribution is -2.57. The van der Waals surface area contributed by atoms with Crippen LogP contribution < -0.4 is 20.7 Å². The van der Waals surface area contributed by atoms with Crippen LogP contribution in [0, 0.1) is 0 Å². The Kier molecular flexibility index (Phi) is 8.53. The summed E-state index contributed by atoms with van der Waals surface area (Å²) >= 11 is 0. The van der Waals surface area contributed by atoms with Gasteiger partial charge in [-0.25, -0.2) is 4.79 Å². The molecule has 3 aromatic carbocycles. The molecule has 6 N–H and O–H groups in total. The van der Waals surface area contributed by atoms with Gasteiger partial charge in [-0.1, -0.05) is 30.3 Å². The van der Waals surface area contributed by atoms with Crippen LogP contribution in [-0.4, -0.2) is 57.1 Å². The van der Waals surface area contributed by atoms with Crippen molar-refractivity contribution in [2.24, 2.45) is 0 Å². The smallest absolute Gasteiger partial charge is 0.326 e. The van der Waals surface area contributed by atoms with Crippen molar-refractivity contribution in [1.29, 1.82) is 0 Å². The monoisotopic (exact) mass is 547 g/mol. The average molecular weight is 548 g/mol. The van der Waals surface area contributed by atoms with Gasteiger partial charge in [0.25, 0.3) is 0 Å². The summed E-state index contributed by atoms with van der Waals surface area (Å²) in [6.45, 7) is 1.27. The molecule has 11 heteroatoms. The molecular weight excluding hydrogens is 518 g/mol. The number of carbonyl (C=O) groups is 4. The van der Waals surface area contributed by atoms with E-state index in [1.807, 2.05) is 0 Å². The molecule has 0 unspecified atom stereocenters. The van der Waals surface area contributed by atoms with E-state index in [-0.39, 0.29) is 36.5 Å². The van der Waals surface area contributed by atoms with Gasteiger partial charge in [0.05, 0.1) is 0 Å². The predicted molar refractivity (Wildman–Crippen MR) is 143 cm³/mol. The van der Waals surface area contributed by atoms with Gasteiger partial charge in [-0.2, -0.15) is 0 Å². The molecule has 208 valence electrons. The molecule has 0 radical (unpaired) electrons. The third-order valence-electron chi connectivity index (χ3n) is 6.37. The van der Waals surface area contributed by atoms with Crippen LogP contribution in [0.3, 0.4) is 0 Å². The van der Waals surface area contributed by atoms with E-state index in [9.17, 15) is 34.5 Å². The van der Waals surface area contributed by atoms with Crippen molar-refractivity contribution >= 4 is 23.7 Å². The van der Waals surface area contributed by atoms with Gasteiger partial charge in [-0.3, -0.25) is 14.4 Å². The van der Waals surface area contributed by atoms with Crippen molar-refractivity contribution in [2.45, 2.75) is 44.3 Å². The molecule has 0 aliphatic carbocycles. The highest BCUT2D eigenvalue weighted by Gasteiger charge is 2.30. The van der Waals surface area contributed by atoms with Gasteiger partial charge in [0.1, 0.15) is 29.6 Å². The number of phenolic OH excluding ortho intramolecular Hbond substituents is 2. The number of aromatic hydroxyl groups is 2. The summed E-state index contributed by atoms with van der Waals surface area (Å²) in [5, 5.41) is 37.5. The second-order valence-electron chi connectivity index (χ2n) is 9.54. The van der Waals surface area contributed by atoms with Crippen LogP contribution in [-0.2, 0) is 38.4 Å². The number of hydrogen-bond donors (Lipinski definition) is 6. The van der Waals surface area contributed by atoms with Crippen molar-refractivity contribution < 1.29 is 39.2 Å². The molecule has 2 heterocycles. The van der Waals surface area contributed by atoms with Gasteiger partial charge in [0.2, 0.25) is 17.7 Å². The Labute approximate surface area is 229 Å². The van der Waals surface area contributed by atoms with Gasteiger partial charge in [-0.15, -0.1) is 0 Å². The number of aliphatic carboxylic acids is 1. The predicted octanol–water partition coefficient (Wildman–Crippen LogP) is 1.79. The molecule has 0 saturated heterocycles. The fourth-order valence-corrected chi connectivity index (χ4v) is 4.34. The standard InChI is InChI=1S/C29H29N3O8/c1-16(33)30-22-12-18-4-9-21(10-5-18)40-26-15-19(6-11-25(26)35)14-24(29(38)39)32-28(37)23(31-27(22)36)13-17-2-7-20(34)8-3-17/h2-11,15,22-24,34-35H,12-14H2,1H3,(H,30,33)(H,31,36)(H,32,37)(H,38,39)/t22-,23-,24-/m0/s1. The highest BCUT2D eigenvalue weighted by Crippen LogP contribution is 2.32. The number of carbonyl (C=O) groups excluding carboxylic acids is 3. The normalized spacial score (nSPS) is 19.5. The van der Waals surface area contributed by atoms with Crippen LogP contribution in [0.4, 0.5) is 0 Å². The van der Waals surface area contributed by atoms with E-state index < -0.39 is 41.8 Å². The Hall–Kier alpha value is -5.06. The Bertz CT molecular complexity index is 1410.